The number of anilines is 4. The van der Waals surface area contributed by atoms with E-state index in [1.807, 2.05) is 0 Å². The maximum Gasteiger partial charge on any atom is 2.00 e. The van der Waals surface area contributed by atoms with Crippen LogP contribution in [0.25, 0.3) is 34.4 Å². The average molecular weight is 752 g/mol. The van der Waals surface area contributed by atoms with Crippen LogP contribution in [0.3, 0.4) is 0 Å². The summed E-state index contributed by atoms with van der Waals surface area (Å²) in [7, 11) is -1.22. The summed E-state index contributed by atoms with van der Waals surface area (Å²) in [4.78, 5) is 49.3. The molecule has 4 aromatic rings. The van der Waals surface area contributed by atoms with Gasteiger partial charge in [0.25, 0.3) is 0 Å². The molecular weight excluding hydrogens is 719 g/mol. The van der Waals surface area contributed by atoms with Crippen LogP contribution >= 0.6 is 0 Å². The fraction of sp³-hybridized carbons (Fsp3) is 0.200. The van der Waals surface area contributed by atoms with Gasteiger partial charge in [-0.15, -0.1) is 0 Å². The summed E-state index contributed by atoms with van der Waals surface area (Å²) in [6.45, 7) is 0. The van der Waals surface area contributed by atoms with Crippen molar-refractivity contribution in [2.24, 2.45) is 0 Å². The third kappa shape index (κ3) is 23.7. The van der Waals surface area contributed by atoms with Crippen LogP contribution in [0.2, 0.25) is 0 Å². The third-order valence-electron chi connectivity index (χ3n) is 3.56. The Morgan fingerprint density at radius 2 is 0.702 bits per heavy atom. The summed E-state index contributed by atoms with van der Waals surface area (Å²) in [6, 6.07) is 10.6. The molecule has 0 amide bonds. The van der Waals surface area contributed by atoms with Crippen molar-refractivity contribution < 1.29 is 46.3 Å². The maximum absolute atomic E-state index is 9.56. The predicted molar refractivity (Wildman–Crippen MR) is 173 cm³/mol. The Morgan fingerprint density at radius 1 is 0.511 bits per heavy atom. The number of hydrogen-bond acceptors (Lipinski definition) is 20. The van der Waals surface area contributed by atoms with Crippen molar-refractivity contribution in [1.82, 2.24) is 39.9 Å². The van der Waals surface area contributed by atoms with Crippen molar-refractivity contribution in [3.05, 3.63) is 67.0 Å². The Hall–Kier alpha value is -5.35. The Balaban J connectivity index is -0.000000411. The minimum atomic E-state index is -1.75. The molecule has 0 aliphatic rings. The second kappa shape index (κ2) is 24.9. The van der Waals surface area contributed by atoms with E-state index in [-0.39, 0.29) is 63.2 Å². The van der Waals surface area contributed by atoms with E-state index in [0.29, 0.717) is 22.8 Å². The summed E-state index contributed by atoms with van der Waals surface area (Å²) in [6.07, 6.45) is 6.56. The number of pyridine rings is 2. The molecule has 0 bridgehead atoms. The van der Waals surface area contributed by atoms with Gasteiger partial charge >= 0.3 is 16.8 Å². The first kappa shape index (κ1) is 48.5. The fourth-order valence-corrected chi connectivity index (χ4v) is 2.45. The van der Waals surface area contributed by atoms with Gasteiger partial charge in [0.2, 0.25) is 23.8 Å². The molecule has 261 valence electrons. The van der Waals surface area contributed by atoms with Crippen LogP contribution < -0.4 is 22.9 Å². The number of nitrogens with zero attached hydrogens (tertiary/aromatic N) is 10. The van der Waals surface area contributed by atoms with Crippen LogP contribution in [-0.4, -0.2) is 83.5 Å². The Labute approximate surface area is 280 Å². The molecule has 0 aromatic carbocycles. The van der Waals surface area contributed by atoms with Crippen LogP contribution in [0.15, 0.2) is 36.4 Å². The van der Waals surface area contributed by atoms with E-state index in [2.05, 4.69) is 39.9 Å². The summed E-state index contributed by atoms with van der Waals surface area (Å²) in [5, 5.41) is 29.5. The van der Waals surface area contributed by atoms with E-state index in [4.69, 9.17) is 53.6 Å². The molecule has 0 unspecified atom stereocenters. The summed E-state index contributed by atoms with van der Waals surface area (Å²) < 4.78 is 19.1. The quantitative estimate of drug-likeness (QED) is 0.0983. The SMILES string of the molecule is CS(C)=O.CS(C)=O.Nc1nc(N)nc(-c2cccc(-c3cccc(-c4nc(N)nc(N)n4)n3)n2)n1.O=[N+]([O-])[O-].O=[N+]([O-])[O-].[Co+2].[OH3+].[OH3+]. The standard InChI is InChI=1S/C16H14N12.2C2H6OS.Co.2NO3.2H2O/c17-13-23-11(24-14(18)27-13)9-5-1-3-7(21-9)8-4-2-6-10(22-8)12-25-15(19)28-16(20)26-12;2*1-4(2)3;;2*2-1(3)4;;/h1-6H,(H4,17,18,23,24,27)(H4,19,20,25,26,28);2*1-2H3;;;;2*1H2/q;;;+2;2*-1;;/p+2. The average Bonchev–Trinajstić information content (AvgIpc) is 2.86. The predicted octanol–water partition coefficient (Wildman–Crippen LogP) is -2.16. The zero-order chi connectivity index (χ0) is 34.0. The van der Waals surface area contributed by atoms with E-state index < -0.39 is 31.8 Å². The second-order valence-corrected chi connectivity index (χ2v) is 10.5. The fourth-order valence-electron chi connectivity index (χ4n) is 2.45. The molecule has 27 heteroatoms. The van der Waals surface area contributed by atoms with Crippen molar-refractivity contribution in [3.63, 3.8) is 0 Å². The van der Waals surface area contributed by atoms with Crippen LogP contribution in [0.4, 0.5) is 23.8 Å². The van der Waals surface area contributed by atoms with Crippen LogP contribution in [0.1, 0.15) is 0 Å². The van der Waals surface area contributed by atoms with E-state index in [0.717, 1.165) is 0 Å². The van der Waals surface area contributed by atoms with Gasteiger partial charge in [0, 0.05) is 46.6 Å². The molecule has 4 aromatic heterocycles. The van der Waals surface area contributed by atoms with Gasteiger partial charge in [0.15, 0.2) is 11.6 Å². The van der Waals surface area contributed by atoms with Crippen molar-refractivity contribution in [3.8, 4) is 34.4 Å². The largest absolute Gasteiger partial charge is 2.00 e. The Kier molecular flexibility index (Phi) is 25.7. The van der Waals surface area contributed by atoms with Crippen molar-refractivity contribution in [2.75, 3.05) is 48.0 Å². The first-order chi connectivity index (χ1) is 20.4. The van der Waals surface area contributed by atoms with Crippen molar-refractivity contribution in [2.45, 2.75) is 0 Å². The minimum absolute atomic E-state index is 0. The molecule has 0 saturated heterocycles. The van der Waals surface area contributed by atoms with Gasteiger partial charge in [-0.05, 0) is 24.3 Å². The molecule has 0 aliphatic carbocycles. The van der Waals surface area contributed by atoms with Crippen LogP contribution in [-0.2, 0) is 49.3 Å². The number of nitrogen functional groups attached to an aromatic ring is 4. The van der Waals surface area contributed by atoms with E-state index in [1.54, 1.807) is 61.4 Å². The molecule has 0 spiro atoms. The minimum Gasteiger partial charge on any atom is -0.457 e. The third-order valence-corrected chi connectivity index (χ3v) is 3.56. The second-order valence-electron chi connectivity index (χ2n) is 7.50. The van der Waals surface area contributed by atoms with E-state index in [9.17, 15) is 8.42 Å². The molecule has 0 saturated carbocycles. The number of hydrogen-bond donors (Lipinski definition) is 4. The molecule has 1 radical (unpaired) electrons. The van der Waals surface area contributed by atoms with Gasteiger partial charge in [-0.2, -0.15) is 29.9 Å². The van der Waals surface area contributed by atoms with Gasteiger partial charge in [-0.25, -0.2) is 9.97 Å². The topological polar surface area (TPSA) is 440 Å². The molecule has 4 heterocycles. The molecule has 24 nitrogen and oxygen atoms in total. The zero-order valence-corrected chi connectivity index (χ0v) is 27.5. The van der Waals surface area contributed by atoms with Gasteiger partial charge < -0.3 is 64.5 Å². The van der Waals surface area contributed by atoms with Crippen LogP contribution in [0.5, 0.6) is 0 Å². The van der Waals surface area contributed by atoms with Gasteiger partial charge in [-0.1, -0.05) is 12.1 Å². The molecule has 0 atom stereocenters. The van der Waals surface area contributed by atoms with E-state index in [1.165, 1.54) is 0 Å². The van der Waals surface area contributed by atoms with Crippen molar-refractivity contribution >= 4 is 45.4 Å². The monoisotopic (exact) mass is 751 g/mol. The number of nitrogens with two attached hydrogens (primary N) is 4. The Bertz CT molecular complexity index is 1410. The number of aromatic nitrogens is 8. The smallest absolute Gasteiger partial charge is 0.457 e. The maximum atomic E-state index is 9.56. The first-order valence-corrected chi connectivity index (χ1v) is 15.0. The van der Waals surface area contributed by atoms with Crippen LogP contribution in [0, 0.1) is 30.6 Å². The molecule has 47 heavy (non-hydrogen) atoms. The Morgan fingerprint density at radius 3 is 0.915 bits per heavy atom. The number of rotatable bonds is 3. The normalized spacial score (nSPS) is 8.89. The summed E-state index contributed by atoms with van der Waals surface area (Å²) >= 11 is 0. The zero-order valence-electron chi connectivity index (χ0n) is 24.8. The first-order valence-electron chi connectivity index (χ1n) is 11.0. The van der Waals surface area contributed by atoms with Gasteiger partial charge in [0.1, 0.15) is 11.4 Å². The summed E-state index contributed by atoms with van der Waals surface area (Å²) in [5.74, 6) is 0.585. The molecular formula is C20H32CoN14O10S2+2. The van der Waals surface area contributed by atoms with Gasteiger partial charge in [-0.3, -0.25) is 8.42 Å². The molecule has 0 fully saturated rings. The summed E-state index contributed by atoms with van der Waals surface area (Å²) in [5.41, 5.74) is 24.6. The molecule has 0 aliphatic heterocycles. The van der Waals surface area contributed by atoms with Crippen molar-refractivity contribution in [1.29, 1.82) is 0 Å². The van der Waals surface area contributed by atoms with Gasteiger partial charge in [0.05, 0.1) is 21.6 Å². The molecule has 14 N–H and O–H groups in total. The van der Waals surface area contributed by atoms with E-state index >= 15 is 0 Å². The molecule has 4 rings (SSSR count).